The quantitative estimate of drug-likeness (QED) is 0.0521. The van der Waals surface area contributed by atoms with Crippen LogP contribution in [-0.4, -0.2) is 56.1 Å². The average Bonchev–Trinajstić information content (AvgIpc) is 3.36. The van der Waals surface area contributed by atoms with Crippen LogP contribution in [-0.2, 0) is 64.4 Å². The van der Waals surface area contributed by atoms with Crippen LogP contribution in [0.1, 0.15) is 58.7 Å². The van der Waals surface area contributed by atoms with Crippen LogP contribution < -0.4 is 4.90 Å². The van der Waals surface area contributed by atoms with Gasteiger partial charge in [0.25, 0.3) is 0 Å². The fourth-order valence-corrected chi connectivity index (χ4v) is 8.69. The molecule has 2 fully saturated rings. The van der Waals surface area contributed by atoms with E-state index in [-0.39, 0.29) is 36.8 Å². The van der Waals surface area contributed by atoms with Gasteiger partial charge in [0, 0.05) is 12.1 Å². The first-order chi connectivity index (χ1) is 32.4. The van der Waals surface area contributed by atoms with Gasteiger partial charge in [-0.3, -0.25) is 9.59 Å². The summed E-state index contributed by atoms with van der Waals surface area (Å²) in [6.07, 6.45) is 2.59. The lowest BCUT2D eigenvalue weighted by Gasteiger charge is -2.47. The summed E-state index contributed by atoms with van der Waals surface area (Å²) in [4.78, 5) is 27.2. The van der Waals surface area contributed by atoms with Gasteiger partial charge in [-0.2, -0.15) is 0 Å². The van der Waals surface area contributed by atoms with Crippen molar-refractivity contribution in [1.29, 1.82) is 0 Å². The van der Waals surface area contributed by atoms with Crippen molar-refractivity contribution in [3.8, 4) is 0 Å². The Morgan fingerprint density at radius 3 is 1.65 bits per heavy atom. The SMILES string of the molecule is COC(=O)CC[C@H]1C(=O)N(c2ccc(F)cc2)[C@@H]1c1ccc(C=CC[C@@H]2O[C@H](COCc3ccccc3)[C@@H](OCc3ccccc3)[C@H](OCc3ccccc3)[C@H]2OCc2ccccc2)cc1. The number of methoxy groups -OCH3 is 1. The van der Waals surface area contributed by atoms with Crippen molar-refractivity contribution in [3.63, 3.8) is 0 Å². The van der Waals surface area contributed by atoms with E-state index in [2.05, 4.69) is 24.3 Å². The Hall–Kier alpha value is -6.27. The van der Waals surface area contributed by atoms with Crippen LogP contribution in [0.3, 0.4) is 0 Å². The molecule has 0 spiro atoms. The van der Waals surface area contributed by atoms with Crippen LogP contribution >= 0.6 is 0 Å². The molecule has 2 aliphatic heterocycles. The summed E-state index contributed by atoms with van der Waals surface area (Å²) in [5.41, 5.74) is 6.62. The van der Waals surface area contributed by atoms with Gasteiger partial charge in [0.1, 0.15) is 30.2 Å². The fraction of sp³-hybridized carbons (Fsp3) is 0.286. The molecular formula is C56H56FNO8. The predicted octanol–water partition coefficient (Wildman–Crippen LogP) is 10.6. The van der Waals surface area contributed by atoms with Crippen molar-refractivity contribution in [2.75, 3.05) is 18.6 Å². The third-order valence-corrected chi connectivity index (χ3v) is 12.1. The van der Waals surface area contributed by atoms with Crippen LogP contribution in [0.2, 0.25) is 0 Å². The summed E-state index contributed by atoms with van der Waals surface area (Å²) in [5.74, 6) is -1.28. The average molecular weight is 890 g/mol. The van der Waals surface area contributed by atoms with Gasteiger partial charge in [-0.05, 0) is 70.5 Å². The third-order valence-electron chi connectivity index (χ3n) is 12.1. The van der Waals surface area contributed by atoms with E-state index in [9.17, 15) is 14.0 Å². The van der Waals surface area contributed by atoms with Crippen LogP contribution in [0.15, 0.2) is 176 Å². The number of halogens is 1. The molecule has 8 rings (SSSR count). The highest BCUT2D eigenvalue weighted by atomic mass is 19.1. The Morgan fingerprint density at radius 1 is 0.621 bits per heavy atom. The zero-order valence-electron chi connectivity index (χ0n) is 37.1. The largest absolute Gasteiger partial charge is 0.469 e. The maximum Gasteiger partial charge on any atom is 0.305 e. The molecule has 0 aliphatic carbocycles. The molecule has 1 amide bonds. The molecule has 9 nitrogen and oxygen atoms in total. The van der Waals surface area contributed by atoms with E-state index in [1.165, 1.54) is 19.2 Å². The molecule has 0 radical (unpaired) electrons. The number of rotatable bonds is 21. The van der Waals surface area contributed by atoms with Crippen molar-refractivity contribution in [1.82, 2.24) is 0 Å². The number of β-lactam (4-membered cyclic amide) rings is 1. The molecule has 0 saturated carbocycles. The number of esters is 1. The van der Waals surface area contributed by atoms with Crippen LogP contribution in [0.5, 0.6) is 0 Å². The predicted molar refractivity (Wildman–Crippen MR) is 251 cm³/mol. The third kappa shape index (κ3) is 12.1. The molecule has 7 atom stereocenters. The molecule has 0 unspecified atom stereocenters. The Morgan fingerprint density at radius 2 is 1.12 bits per heavy atom. The van der Waals surface area contributed by atoms with Gasteiger partial charge < -0.3 is 33.3 Å². The van der Waals surface area contributed by atoms with Crippen molar-refractivity contribution in [2.45, 2.75) is 82.3 Å². The molecule has 6 aromatic rings. The van der Waals surface area contributed by atoms with Gasteiger partial charge in [0.05, 0.1) is 58.2 Å². The first-order valence-corrected chi connectivity index (χ1v) is 22.6. The Balaban J connectivity index is 1.06. The molecule has 0 bridgehead atoms. The van der Waals surface area contributed by atoms with Crippen LogP contribution in [0.25, 0.3) is 6.08 Å². The fourth-order valence-electron chi connectivity index (χ4n) is 8.69. The minimum Gasteiger partial charge on any atom is -0.469 e. The standard InChI is InChI=1S/C56H56FNO8/c1-61-51(59)34-33-48-52(58(56(48)60)47-31-29-46(57)30-32-47)45-27-25-40(26-28-45)23-14-24-49-53(63-36-42-17-8-3-9-18-42)55(65-38-44-21-12-5-13-22-44)54(64-37-43-19-10-4-11-20-43)50(66-49)39-62-35-41-15-6-2-7-16-41/h2-23,25-32,48-50,52-55H,24,33-39H2,1H3/t48-,49+,50-,52-,53+,54-,55-/m1/s1. The van der Waals surface area contributed by atoms with Gasteiger partial charge in [-0.15, -0.1) is 0 Å². The number of hydrogen-bond acceptors (Lipinski definition) is 8. The topological polar surface area (TPSA) is 92.8 Å². The summed E-state index contributed by atoms with van der Waals surface area (Å²) < 4.78 is 52.8. The van der Waals surface area contributed by atoms with E-state index in [1.807, 2.05) is 133 Å². The Labute approximate surface area is 386 Å². The Kier molecular flexibility index (Phi) is 16.3. The maximum absolute atomic E-state index is 13.9. The highest BCUT2D eigenvalue weighted by Gasteiger charge is 2.49. The molecule has 10 heteroatoms. The summed E-state index contributed by atoms with van der Waals surface area (Å²) in [7, 11) is 1.34. The smallest absolute Gasteiger partial charge is 0.305 e. The monoisotopic (exact) mass is 889 g/mol. The first-order valence-electron chi connectivity index (χ1n) is 22.6. The molecule has 2 saturated heterocycles. The number of nitrogens with zero attached hydrogens (tertiary/aromatic N) is 1. The molecule has 2 aliphatic rings. The number of amides is 1. The van der Waals surface area contributed by atoms with E-state index in [0.29, 0.717) is 45.0 Å². The molecule has 0 aromatic heterocycles. The second-order valence-electron chi connectivity index (χ2n) is 16.7. The highest BCUT2D eigenvalue weighted by Crippen LogP contribution is 2.46. The van der Waals surface area contributed by atoms with Gasteiger partial charge in [0.15, 0.2) is 0 Å². The summed E-state index contributed by atoms with van der Waals surface area (Å²) in [6, 6.07) is 54.0. The van der Waals surface area contributed by atoms with Crippen molar-refractivity contribution in [2.24, 2.45) is 5.92 Å². The van der Waals surface area contributed by atoms with Gasteiger partial charge in [0.2, 0.25) is 5.91 Å². The van der Waals surface area contributed by atoms with Crippen molar-refractivity contribution < 1.29 is 42.4 Å². The number of ether oxygens (including phenoxy) is 6. The molecule has 6 aromatic carbocycles. The number of anilines is 1. The van der Waals surface area contributed by atoms with Crippen molar-refractivity contribution in [3.05, 3.63) is 215 Å². The number of hydrogen-bond donors (Lipinski definition) is 0. The molecular weight excluding hydrogens is 834 g/mol. The number of carbonyl (C=O) groups is 2. The minimum absolute atomic E-state index is 0.112. The zero-order chi connectivity index (χ0) is 45.5. The highest BCUT2D eigenvalue weighted by molar-refractivity contribution is 6.03. The van der Waals surface area contributed by atoms with Gasteiger partial charge >= 0.3 is 5.97 Å². The molecule has 340 valence electrons. The maximum atomic E-state index is 13.9. The van der Waals surface area contributed by atoms with Gasteiger partial charge in [-0.1, -0.05) is 158 Å². The molecule has 2 heterocycles. The zero-order valence-corrected chi connectivity index (χ0v) is 37.1. The van der Waals surface area contributed by atoms with E-state index >= 15 is 0 Å². The second kappa shape index (κ2) is 23.3. The number of carbonyl (C=O) groups excluding carboxylic acids is 2. The summed E-state index contributed by atoms with van der Waals surface area (Å²) in [6.45, 7) is 1.74. The van der Waals surface area contributed by atoms with E-state index in [0.717, 1.165) is 33.4 Å². The van der Waals surface area contributed by atoms with Gasteiger partial charge in [-0.25, -0.2) is 4.39 Å². The van der Waals surface area contributed by atoms with E-state index in [4.69, 9.17) is 28.4 Å². The summed E-state index contributed by atoms with van der Waals surface area (Å²) >= 11 is 0. The normalized spacial score (nSPS) is 21.7. The second-order valence-corrected chi connectivity index (χ2v) is 16.7. The summed E-state index contributed by atoms with van der Waals surface area (Å²) in [5, 5.41) is 0. The van der Waals surface area contributed by atoms with Crippen LogP contribution in [0.4, 0.5) is 10.1 Å². The molecule has 0 N–H and O–H groups in total. The first kappa shape index (κ1) is 46.3. The number of benzene rings is 6. The Bertz CT molecular complexity index is 2440. The molecule has 66 heavy (non-hydrogen) atoms. The lowest BCUT2D eigenvalue weighted by atomic mass is 9.79. The lowest BCUT2D eigenvalue weighted by molar-refractivity contribution is -0.271. The van der Waals surface area contributed by atoms with E-state index < -0.39 is 36.4 Å². The van der Waals surface area contributed by atoms with Crippen LogP contribution in [0, 0.1) is 11.7 Å². The lowest BCUT2D eigenvalue weighted by Crippen LogP contribution is -2.61. The minimum atomic E-state index is -0.539. The van der Waals surface area contributed by atoms with Crippen molar-refractivity contribution >= 4 is 23.6 Å². The van der Waals surface area contributed by atoms with E-state index in [1.54, 1.807) is 17.0 Å².